The fourth-order valence-corrected chi connectivity index (χ4v) is 3.35. The van der Waals surface area contributed by atoms with Crippen molar-refractivity contribution in [2.75, 3.05) is 14.2 Å². The molecular weight excluding hydrogens is 398 g/mol. The number of hydrogen-bond acceptors (Lipinski definition) is 7. The van der Waals surface area contributed by atoms with Gasteiger partial charge in [-0.25, -0.2) is 0 Å². The van der Waals surface area contributed by atoms with E-state index in [0.29, 0.717) is 29.6 Å². The van der Waals surface area contributed by atoms with Crippen molar-refractivity contribution in [2.45, 2.75) is 39.0 Å². The summed E-state index contributed by atoms with van der Waals surface area (Å²) in [7, 11) is 3.25. The van der Waals surface area contributed by atoms with E-state index in [0.717, 1.165) is 29.9 Å². The number of aryl methyl sites for hydroxylation is 1. The van der Waals surface area contributed by atoms with Crippen molar-refractivity contribution in [1.82, 2.24) is 15.0 Å². The van der Waals surface area contributed by atoms with Gasteiger partial charge in [0.1, 0.15) is 17.2 Å². The van der Waals surface area contributed by atoms with Crippen LogP contribution in [0.4, 0.5) is 0 Å². The first-order valence-electron chi connectivity index (χ1n) is 10.1. The van der Waals surface area contributed by atoms with E-state index < -0.39 is 0 Å². The van der Waals surface area contributed by atoms with E-state index >= 15 is 0 Å². The Hall–Kier alpha value is -3.55. The Balaban J connectivity index is 1.46. The molecule has 0 atom stereocenters. The van der Waals surface area contributed by atoms with Crippen LogP contribution in [0.1, 0.15) is 40.5 Å². The van der Waals surface area contributed by atoms with Crippen molar-refractivity contribution in [3.63, 3.8) is 0 Å². The van der Waals surface area contributed by atoms with Gasteiger partial charge in [-0.05, 0) is 55.3 Å². The number of rotatable bonds is 9. The highest BCUT2D eigenvalue weighted by Gasteiger charge is 2.33. The molecule has 162 valence electrons. The van der Waals surface area contributed by atoms with Crippen LogP contribution in [0.5, 0.6) is 17.2 Å². The van der Waals surface area contributed by atoms with Crippen molar-refractivity contribution in [3.05, 3.63) is 65.3 Å². The maximum Gasteiger partial charge on any atom is 0.254 e. The highest BCUT2D eigenvalue weighted by atomic mass is 16.5. The summed E-state index contributed by atoms with van der Waals surface area (Å²) in [6, 6.07) is 13.0. The van der Waals surface area contributed by atoms with Gasteiger partial charge in [-0.15, -0.1) is 0 Å². The summed E-state index contributed by atoms with van der Waals surface area (Å²) in [4.78, 5) is 19.3. The van der Waals surface area contributed by atoms with E-state index in [1.165, 1.54) is 0 Å². The van der Waals surface area contributed by atoms with Crippen LogP contribution in [0.25, 0.3) is 0 Å². The Labute approximate surface area is 180 Å². The van der Waals surface area contributed by atoms with Crippen LogP contribution in [0, 0.1) is 6.92 Å². The van der Waals surface area contributed by atoms with Gasteiger partial charge in [-0.2, -0.15) is 4.98 Å². The van der Waals surface area contributed by atoms with Gasteiger partial charge >= 0.3 is 0 Å². The molecular formula is C23H25N3O5. The van der Waals surface area contributed by atoms with Gasteiger partial charge in [-0.3, -0.25) is 4.79 Å². The van der Waals surface area contributed by atoms with Gasteiger partial charge in [-0.1, -0.05) is 5.16 Å². The van der Waals surface area contributed by atoms with E-state index in [2.05, 4.69) is 10.1 Å². The second-order valence-corrected chi connectivity index (χ2v) is 7.38. The van der Waals surface area contributed by atoms with Gasteiger partial charge in [0.2, 0.25) is 11.7 Å². The molecule has 0 bridgehead atoms. The molecule has 0 aliphatic heterocycles. The summed E-state index contributed by atoms with van der Waals surface area (Å²) in [5.74, 6) is 3.05. The molecule has 4 rings (SSSR count). The van der Waals surface area contributed by atoms with Crippen molar-refractivity contribution in [3.8, 4) is 17.2 Å². The van der Waals surface area contributed by atoms with Gasteiger partial charge in [0.05, 0.1) is 20.8 Å². The number of methoxy groups -OCH3 is 2. The third-order valence-corrected chi connectivity index (χ3v) is 5.12. The molecule has 31 heavy (non-hydrogen) atoms. The lowest BCUT2D eigenvalue weighted by atomic mass is 10.1. The number of hydrogen-bond donors (Lipinski definition) is 0. The van der Waals surface area contributed by atoms with Crippen molar-refractivity contribution in [2.24, 2.45) is 0 Å². The van der Waals surface area contributed by atoms with Crippen LogP contribution in [-0.2, 0) is 13.2 Å². The van der Waals surface area contributed by atoms with Gasteiger partial charge < -0.3 is 23.6 Å². The Kier molecular flexibility index (Phi) is 6.06. The Morgan fingerprint density at radius 2 is 1.84 bits per heavy atom. The average molecular weight is 423 g/mol. The van der Waals surface area contributed by atoms with Crippen LogP contribution in [0.15, 0.2) is 47.0 Å². The molecule has 1 heterocycles. The first-order chi connectivity index (χ1) is 15.1. The second-order valence-electron chi connectivity index (χ2n) is 7.38. The number of amides is 1. The zero-order valence-electron chi connectivity index (χ0n) is 17.8. The zero-order valence-corrected chi connectivity index (χ0v) is 17.8. The SMILES string of the molecule is COc1ccc(OC)c(CN(C(=O)c2ccc(OCc3noc(C)n3)cc2)C2CC2)c1. The number of benzene rings is 2. The molecule has 1 amide bonds. The smallest absolute Gasteiger partial charge is 0.254 e. The molecule has 8 nitrogen and oxygen atoms in total. The summed E-state index contributed by atoms with van der Waals surface area (Å²) < 4.78 is 21.4. The van der Waals surface area contributed by atoms with E-state index in [9.17, 15) is 4.79 Å². The minimum atomic E-state index is -0.0206. The average Bonchev–Trinajstić information content (AvgIpc) is 3.56. The van der Waals surface area contributed by atoms with Gasteiger partial charge in [0.15, 0.2) is 6.61 Å². The Morgan fingerprint density at radius 3 is 2.45 bits per heavy atom. The molecule has 1 aliphatic rings. The maximum atomic E-state index is 13.3. The minimum absolute atomic E-state index is 0.0206. The zero-order chi connectivity index (χ0) is 21.8. The molecule has 0 radical (unpaired) electrons. The highest BCUT2D eigenvalue weighted by Crippen LogP contribution is 2.33. The van der Waals surface area contributed by atoms with E-state index in [4.69, 9.17) is 18.7 Å². The predicted octanol–water partition coefficient (Wildman–Crippen LogP) is 3.78. The van der Waals surface area contributed by atoms with Crippen molar-refractivity contribution in [1.29, 1.82) is 0 Å². The number of aromatic nitrogens is 2. The van der Waals surface area contributed by atoms with E-state index in [-0.39, 0.29) is 18.6 Å². The quantitative estimate of drug-likeness (QED) is 0.518. The van der Waals surface area contributed by atoms with Crippen LogP contribution < -0.4 is 14.2 Å². The molecule has 1 aromatic heterocycles. The highest BCUT2D eigenvalue weighted by molar-refractivity contribution is 5.94. The van der Waals surface area contributed by atoms with Crippen LogP contribution in [-0.4, -0.2) is 41.2 Å². The summed E-state index contributed by atoms with van der Waals surface area (Å²) in [6.07, 6.45) is 2.01. The van der Waals surface area contributed by atoms with Crippen LogP contribution >= 0.6 is 0 Å². The van der Waals surface area contributed by atoms with Gasteiger partial charge in [0.25, 0.3) is 5.91 Å². The van der Waals surface area contributed by atoms with Crippen molar-refractivity contribution >= 4 is 5.91 Å². The number of carbonyl (C=O) groups excluding carboxylic acids is 1. The molecule has 1 fully saturated rings. The molecule has 8 heteroatoms. The normalized spacial score (nSPS) is 13.0. The van der Waals surface area contributed by atoms with E-state index in [1.807, 2.05) is 23.1 Å². The predicted molar refractivity (Wildman–Crippen MR) is 112 cm³/mol. The number of carbonyl (C=O) groups is 1. The number of nitrogens with zero attached hydrogens (tertiary/aromatic N) is 3. The first kappa shape index (κ1) is 20.7. The maximum absolute atomic E-state index is 13.3. The third-order valence-electron chi connectivity index (χ3n) is 5.12. The molecule has 0 saturated heterocycles. The Bertz CT molecular complexity index is 1040. The molecule has 0 spiro atoms. The minimum Gasteiger partial charge on any atom is -0.497 e. The summed E-state index contributed by atoms with van der Waals surface area (Å²) >= 11 is 0. The first-order valence-corrected chi connectivity index (χ1v) is 10.1. The van der Waals surface area contributed by atoms with Crippen LogP contribution in [0.3, 0.4) is 0 Å². The summed E-state index contributed by atoms with van der Waals surface area (Å²) in [5, 5.41) is 3.80. The fraction of sp³-hybridized carbons (Fsp3) is 0.348. The second kappa shape index (κ2) is 9.07. The van der Waals surface area contributed by atoms with Crippen molar-refractivity contribution < 1.29 is 23.5 Å². The molecule has 0 N–H and O–H groups in total. The van der Waals surface area contributed by atoms with E-state index in [1.54, 1.807) is 45.4 Å². The van der Waals surface area contributed by atoms with Gasteiger partial charge in [0, 0.05) is 24.1 Å². The summed E-state index contributed by atoms with van der Waals surface area (Å²) in [5.41, 5.74) is 1.52. The molecule has 0 unspecified atom stereocenters. The monoisotopic (exact) mass is 423 g/mol. The lowest BCUT2D eigenvalue weighted by Crippen LogP contribution is -2.32. The van der Waals surface area contributed by atoms with Crippen LogP contribution in [0.2, 0.25) is 0 Å². The lowest BCUT2D eigenvalue weighted by Gasteiger charge is -2.24. The lowest BCUT2D eigenvalue weighted by molar-refractivity contribution is 0.0728. The largest absolute Gasteiger partial charge is 0.497 e. The Morgan fingerprint density at radius 1 is 1.10 bits per heavy atom. The topological polar surface area (TPSA) is 86.9 Å². The standard InChI is InChI=1S/C23H25N3O5/c1-15-24-22(25-31-15)14-30-19-8-4-16(5-9-19)23(27)26(18-6-7-18)13-17-12-20(28-2)10-11-21(17)29-3/h4-5,8-12,18H,6-7,13-14H2,1-3H3. The molecule has 2 aromatic carbocycles. The summed E-state index contributed by atoms with van der Waals surface area (Å²) in [6.45, 7) is 2.39. The third kappa shape index (κ3) is 4.96. The number of ether oxygens (including phenoxy) is 3. The molecule has 1 saturated carbocycles. The molecule has 3 aromatic rings. The fourth-order valence-electron chi connectivity index (χ4n) is 3.35. The molecule has 1 aliphatic carbocycles.